The Bertz CT molecular complexity index is 812. The van der Waals surface area contributed by atoms with Crippen LogP contribution in [-0.4, -0.2) is 55.6 Å². The van der Waals surface area contributed by atoms with Crippen molar-refractivity contribution in [2.45, 2.75) is 5.92 Å². The Balaban J connectivity index is 1.68. The van der Waals surface area contributed by atoms with Crippen LogP contribution in [0.3, 0.4) is 0 Å². The summed E-state index contributed by atoms with van der Waals surface area (Å²) in [5, 5.41) is 4.63. The second-order valence-electron chi connectivity index (χ2n) is 5.54. The number of imide groups is 1. The fourth-order valence-corrected chi connectivity index (χ4v) is 4.25. The quantitative estimate of drug-likeness (QED) is 0.850. The number of sulfonamides is 1. The lowest BCUT2D eigenvalue weighted by Gasteiger charge is -2.19. The number of thiophene rings is 1. The van der Waals surface area contributed by atoms with Crippen LogP contribution in [-0.2, 0) is 10.0 Å². The Hall–Kier alpha value is -2.33. The van der Waals surface area contributed by atoms with Gasteiger partial charge in [-0.05, 0) is 23.6 Å². The Morgan fingerprint density at radius 3 is 2.72 bits per heavy atom. The molecular formula is C15H17N3O5S2. The standard InChI is InChI=1S/C15H17N3O5S2/c1-25(21,22)18-7-6-17(15(18)20)14(19)16-10-11(12-4-2-8-23-12)13-5-3-9-24-13/h2-5,8-9,11H,6-7,10H2,1H3,(H,16,19)/t11-/m1/s1. The van der Waals surface area contributed by atoms with E-state index in [4.69, 9.17) is 4.42 Å². The molecule has 4 amide bonds. The van der Waals surface area contributed by atoms with Crippen LogP contribution >= 0.6 is 11.3 Å². The van der Waals surface area contributed by atoms with E-state index in [-0.39, 0.29) is 25.6 Å². The van der Waals surface area contributed by atoms with Crippen LogP contribution in [0.2, 0.25) is 0 Å². The first kappa shape index (κ1) is 17.5. The maximum absolute atomic E-state index is 12.3. The smallest absolute Gasteiger partial charge is 0.341 e. The number of urea groups is 2. The van der Waals surface area contributed by atoms with Gasteiger partial charge in [0.15, 0.2) is 0 Å². The molecule has 8 nitrogen and oxygen atoms in total. The molecule has 0 bridgehead atoms. The number of carbonyl (C=O) groups excluding carboxylic acids is 2. The summed E-state index contributed by atoms with van der Waals surface area (Å²) >= 11 is 1.54. The van der Waals surface area contributed by atoms with Crippen molar-refractivity contribution in [3.05, 3.63) is 46.5 Å². The Labute approximate surface area is 149 Å². The maximum Gasteiger partial charge on any atom is 0.341 e. The van der Waals surface area contributed by atoms with Crippen LogP contribution in [0.1, 0.15) is 16.6 Å². The predicted octanol–water partition coefficient (Wildman–Crippen LogP) is 1.88. The van der Waals surface area contributed by atoms with E-state index in [1.54, 1.807) is 12.3 Å². The largest absolute Gasteiger partial charge is 0.469 e. The normalized spacial score (nSPS) is 16.3. The van der Waals surface area contributed by atoms with E-state index < -0.39 is 22.1 Å². The first-order chi connectivity index (χ1) is 11.9. The zero-order valence-corrected chi connectivity index (χ0v) is 15.0. The molecule has 25 heavy (non-hydrogen) atoms. The van der Waals surface area contributed by atoms with Crippen molar-refractivity contribution >= 4 is 33.4 Å². The summed E-state index contributed by atoms with van der Waals surface area (Å²) in [6.07, 6.45) is 2.50. The van der Waals surface area contributed by atoms with Crippen molar-refractivity contribution in [1.29, 1.82) is 0 Å². The number of furan rings is 1. The van der Waals surface area contributed by atoms with Crippen LogP contribution in [0.4, 0.5) is 9.59 Å². The van der Waals surface area contributed by atoms with E-state index in [9.17, 15) is 18.0 Å². The van der Waals surface area contributed by atoms with Crippen LogP contribution in [0.5, 0.6) is 0 Å². The average molecular weight is 383 g/mol. The molecule has 0 unspecified atom stereocenters. The Morgan fingerprint density at radius 2 is 2.16 bits per heavy atom. The molecule has 2 aromatic heterocycles. The van der Waals surface area contributed by atoms with Crippen LogP contribution in [0.25, 0.3) is 0 Å². The third kappa shape index (κ3) is 3.69. The summed E-state index contributed by atoms with van der Waals surface area (Å²) in [4.78, 5) is 26.3. The first-order valence-corrected chi connectivity index (χ1v) is 10.2. The van der Waals surface area contributed by atoms with Crippen LogP contribution in [0, 0.1) is 0 Å². The Morgan fingerprint density at radius 1 is 1.36 bits per heavy atom. The fraction of sp³-hybridized carbons (Fsp3) is 0.333. The summed E-state index contributed by atoms with van der Waals surface area (Å²) in [5.41, 5.74) is 0. The number of rotatable bonds is 5. The summed E-state index contributed by atoms with van der Waals surface area (Å²) in [6, 6.07) is 5.99. The van der Waals surface area contributed by atoms with Gasteiger partial charge in [0.05, 0.1) is 31.5 Å². The van der Waals surface area contributed by atoms with E-state index in [1.807, 2.05) is 23.6 Å². The lowest BCUT2D eigenvalue weighted by atomic mass is 10.1. The monoisotopic (exact) mass is 383 g/mol. The van der Waals surface area contributed by atoms with E-state index in [2.05, 4.69) is 5.32 Å². The predicted molar refractivity (Wildman–Crippen MR) is 91.9 cm³/mol. The van der Waals surface area contributed by atoms with Gasteiger partial charge in [0.25, 0.3) is 0 Å². The summed E-state index contributed by atoms with van der Waals surface area (Å²) in [6.45, 7) is 0.231. The molecule has 10 heteroatoms. The summed E-state index contributed by atoms with van der Waals surface area (Å²) < 4.78 is 29.2. The van der Waals surface area contributed by atoms with E-state index >= 15 is 0 Å². The van der Waals surface area contributed by atoms with E-state index in [1.165, 1.54) is 11.3 Å². The highest BCUT2D eigenvalue weighted by Gasteiger charge is 2.38. The SMILES string of the molecule is CS(=O)(=O)N1CCN(C(=O)NC[C@H](c2ccco2)c2cccs2)C1=O. The number of carbonyl (C=O) groups is 2. The average Bonchev–Trinajstić information content (AvgIpc) is 3.28. The van der Waals surface area contributed by atoms with Gasteiger partial charge in [-0.25, -0.2) is 27.2 Å². The molecule has 1 N–H and O–H groups in total. The molecule has 1 aliphatic heterocycles. The molecule has 2 aromatic rings. The third-order valence-electron chi connectivity index (χ3n) is 3.85. The van der Waals surface area contributed by atoms with Gasteiger partial charge >= 0.3 is 12.1 Å². The van der Waals surface area contributed by atoms with Gasteiger partial charge < -0.3 is 9.73 Å². The number of amides is 4. The van der Waals surface area contributed by atoms with Gasteiger partial charge in [0, 0.05) is 11.4 Å². The van der Waals surface area contributed by atoms with E-state index in [0.29, 0.717) is 10.1 Å². The lowest BCUT2D eigenvalue weighted by Crippen LogP contribution is -2.44. The third-order valence-corrected chi connectivity index (χ3v) is 5.97. The second-order valence-corrected chi connectivity index (χ2v) is 8.42. The minimum absolute atomic E-state index is 0.0299. The highest BCUT2D eigenvalue weighted by atomic mass is 32.2. The second kappa shape index (κ2) is 6.89. The van der Waals surface area contributed by atoms with Gasteiger partial charge in [-0.2, -0.15) is 0 Å². The zero-order valence-electron chi connectivity index (χ0n) is 13.4. The molecular weight excluding hydrogens is 366 g/mol. The van der Waals surface area contributed by atoms with Gasteiger partial charge in [-0.1, -0.05) is 6.07 Å². The van der Waals surface area contributed by atoms with Crippen molar-refractivity contribution in [3.63, 3.8) is 0 Å². The minimum Gasteiger partial charge on any atom is -0.469 e. The molecule has 3 rings (SSSR count). The van der Waals surface area contributed by atoms with Gasteiger partial charge in [0.1, 0.15) is 5.76 Å². The summed E-state index contributed by atoms with van der Waals surface area (Å²) in [5.74, 6) is 0.524. The van der Waals surface area contributed by atoms with Crippen molar-refractivity contribution in [1.82, 2.24) is 14.5 Å². The minimum atomic E-state index is -3.67. The molecule has 0 spiro atoms. The van der Waals surface area contributed by atoms with E-state index in [0.717, 1.165) is 16.0 Å². The number of hydrogen-bond acceptors (Lipinski definition) is 6. The molecule has 1 fully saturated rings. The lowest BCUT2D eigenvalue weighted by molar-refractivity contribution is 0.193. The zero-order chi connectivity index (χ0) is 18.0. The molecule has 1 aliphatic rings. The van der Waals surface area contributed by atoms with Crippen LogP contribution < -0.4 is 5.32 Å². The highest BCUT2D eigenvalue weighted by Crippen LogP contribution is 2.28. The number of hydrogen-bond donors (Lipinski definition) is 1. The number of nitrogens with zero attached hydrogens (tertiary/aromatic N) is 2. The molecule has 1 saturated heterocycles. The highest BCUT2D eigenvalue weighted by molar-refractivity contribution is 7.88. The fourth-order valence-electron chi connectivity index (χ4n) is 2.62. The van der Waals surface area contributed by atoms with Gasteiger partial charge in [0.2, 0.25) is 10.0 Å². The molecule has 0 aromatic carbocycles. The maximum atomic E-state index is 12.3. The Kier molecular flexibility index (Phi) is 4.82. The van der Waals surface area contributed by atoms with Crippen molar-refractivity contribution < 1.29 is 22.4 Å². The molecule has 0 radical (unpaired) electrons. The van der Waals surface area contributed by atoms with Crippen LogP contribution in [0.15, 0.2) is 40.3 Å². The number of nitrogens with one attached hydrogen (secondary N) is 1. The van der Waals surface area contributed by atoms with Crippen molar-refractivity contribution in [2.75, 3.05) is 25.9 Å². The van der Waals surface area contributed by atoms with Crippen molar-refractivity contribution in [3.8, 4) is 0 Å². The molecule has 0 aliphatic carbocycles. The van der Waals surface area contributed by atoms with Crippen molar-refractivity contribution in [2.24, 2.45) is 0 Å². The topological polar surface area (TPSA) is 99.9 Å². The first-order valence-electron chi connectivity index (χ1n) is 7.52. The molecule has 134 valence electrons. The molecule has 1 atom stereocenters. The molecule has 0 saturated carbocycles. The molecule has 3 heterocycles. The summed E-state index contributed by atoms with van der Waals surface area (Å²) in [7, 11) is -3.67. The van der Waals surface area contributed by atoms with Gasteiger partial charge in [-0.3, -0.25) is 0 Å². The van der Waals surface area contributed by atoms with Gasteiger partial charge in [-0.15, -0.1) is 11.3 Å².